The number of rotatable bonds is 7. The van der Waals surface area contributed by atoms with E-state index >= 15 is 4.39 Å². The normalized spacial score (nSPS) is 25.9. The van der Waals surface area contributed by atoms with Crippen LogP contribution in [0.15, 0.2) is 35.8 Å². The second-order valence-electron chi connectivity index (χ2n) is 9.19. The smallest absolute Gasteiger partial charge is 0.345 e. The molecule has 1 aliphatic heterocycles. The summed E-state index contributed by atoms with van der Waals surface area (Å²) in [4.78, 5) is 31.1. The lowest BCUT2D eigenvalue weighted by Crippen LogP contribution is -2.40. The molecule has 1 aromatic heterocycles. The zero-order valence-corrected chi connectivity index (χ0v) is 19.4. The predicted octanol–water partition coefficient (Wildman–Crippen LogP) is 4.98. The van der Waals surface area contributed by atoms with Gasteiger partial charge in [0, 0.05) is 36.1 Å². The molecule has 10 heteroatoms. The highest BCUT2D eigenvalue weighted by Gasteiger charge is 2.41. The number of nitrogens with zero attached hydrogens (tertiary/aromatic N) is 2. The minimum absolute atomic E-state index is 0.131. The highest BCUT2D eigenvalue weighted by molar-refractivity contribution is 7.09. The quantitative estimate of drug-likeness (QED) is 0.548. The van der Waals surface area contributed by atoms with Crippen molar-refractivity contribution < 1.29 is 27.2 Å². The van der Waals surface area contributed by atoms with Crippen molar-refractivity contribution in [3.05, 3.63) is 52.0 Å². The minimum atomic E-state index is -4.54. The predicted molar refractivity (Wildman–Crippen MR) is 120 cm³/mol. The van der Waals surface area contributed by atoms with Crippen LogP contribution in [0, 0.1) is 5.92 Å². The maximum absolute atomic E-state index is 15.2. The summed E-state index contributed by atoms with van der Waals surface area (Å²) in [6.07, 6.45) is 0.672. The van der Waals surface area contributed by atoms with Crippen molar-refractivity contribution >= 4 is 23.0 Å². The van der Waals surface area contributed by atoms with Gasteiger partial charge in [0.15, 0.2) is 11.5 Å². The first-order valence-electron chi connectivity index (χ1n) is 11.4. The van der Waals surface area contributed by atoms with E-state index in [9.17, 15) is 22.8 Å². The molecule has 0 bridgehead atoms. The molecule has 1 N–H and O–H groups in total. The van der Waals surface area contributed by atoms with Gasteiger partial charge in [-0.1, -0.05) is 6.07 Å². The van der Waals surface area contributed by atoms with Crippen LogP contribution in [0.25, 0.3) is 0 Å². The molecule has 0 radical (unpaired) electrons. The van der Waals surface area contributed by atoms with E-state index in [0.29, 0.717) is 30.3 Å². The third-order valence-electron chi connectivity index (χ3n) is 6.81. The standard InChI is InChI=1S/C24H27F4N3O2S/c25-23(22-29-9-11-34-22)7-4-19(5-8-23)31-10-6-16(15-31)12-20(32)14-30-21(33)17-2-1-3-18(13-17)24(26,27)28/h1-3,9,11,13,16,19H,4-8,10,12,14-15H2,(H,30,33). The summed E-state index contributed by atoms with van der Waals surface area (Å²) in [5.41, 5.74) is -2.37. The van der Waals surface area contributed by atoms with Gasteiger partial charge in [-0.25, -0.2) is 9.37 Å². The lowest BCUT2D eigenvalue weighted by atomic mass is 9.83. The first-order chi connectivity index (χ1) is 16.1. The number of carbonyl (C=O) groups is 2. The first-order valence-corrected chi connectivity index (χ1v) is 12.3. The van der Waals surface area contributed by atoms with Crippen LogP contribution in [0.2, 0.25) is 0 Å². The fourth-order valence-electron chi connectivity index (χ4n) is 4.96. The molecule has 1 aliphatic carbocycles. The molecule has 1 saturated heterocycles. The molecule has 1 saturated carbocycles. The van der Waals surface area contributed by atoms with Crippen LogP contribution < -0.4 is 5.32 Å². The van der Waals surface area contributed by atoms with Gasteiger partial charge in [0.2, 0.25) is 0 Å². The third-order valence-corrected chi connectivity index (χ3v) is 7.76. The lowest BCUT2D eigenvalue weighted by Gasteiger charge is -2.37. The van der Waals surface area contributed by atoms with Crippen LogP contribution in [0.3, 0.4) is 0 Å². The molecular weight excluding hydrogens is 470 g/mol. The molecule has 4 rings (SSSR count). The number of nitrogens with one attached hydrogen (secondary N) is 1. The number of amides is 1. The molecular formula is C24H27F4N3O2S. The molecule has 1 amide bonds. The molecule has 2 aliphatic rings. The Morgan fingerprint density at radius 2 is 1.97 bits per heavy atom. The highest BCUT2D eigenvalue weighted by Crippen LogP contribution is 2.43. The molecule has 2 aromatic rings. The van der Waals surface area contributed by atoms with Crippen molar-refractivity contribution in [1.82, 2.24) is 15.2 Å². The van der Waals surface area contributed by atoms with Gasteiger partial charge in [0.25, 0.3) is 5.91 Å². The molecule has 5 nitrogen and oxygen atoms in total. The van der Waals surface area contributed by atoms with Gasteiger partial charge in [-0.2, -0.15) is 13.2 Å². The minimum Gasteiger partial charge on any atom is -0.345 e. The van der Waals surface area contributed by atoms with Crippen LogP contribution >= 0.6 is 11.3 Å². The fourth-order valence-corrected chi connectivity index (χ4v) is 5.74. The van der Waals surface area contributed by atoms with E-state index in [2.05, 4.69) is 15.2 Å². The first kappa shape index (κ1) is 24.8. The van der Waals surface area contributed by atoms with Crippen LogP contribution in [0.1, 0.15) is 59.5 Å². The SMILES string of the molecule is O=C(CNC(=O)c1cccc(C(F)(F)F)c1)CC1CCN(C2CCC(F)(c3nccs3)CC2)C1. The number of alkyl halides is 4. The topological polar surface area (TPSA) is 62.3 Å². The third kappa shape index (κ3) is 5.83. The van der Waals surface area contributed by atoms with E-state index in [1.807, 2.05) is 0 Å². The Bertz CT molecular complexity index is 1000. The van der Waals surface area contributed by atoms with Crippen LogP contribution in [-0.4, -0.2) is 47.3 Å². The molecule has 0 spiro atoms. The van der Waals surface area contributed by atoms with Crippen LogP contribution in [0.4, 0.5) is 17.6 Å². The maximum Gasteiger partial charge on any atom is 0.416 e. The van der Waals surface area contributed by atoms with E-state index in [-0.39, 0.29) is 23.8 Å². The van der Waals surface area contributed by atoms with Crippen molar-refractivity contribution in [3.8, 4) is 0 Å². The molecule has 1 atom stereocenters. The van der Waals surface area contributed by atoms with Crippen molar-refractivity contribution in [2.45, 2.75) is 56.4 Å². The number of halogens is 4. The Hall–Kier alpha value is -2.33. The highest BCUT2D eigenvalue weighted by atomic mass is 32.1. The number of hydrogen-bond donors (Lipinski definition) is 1. The summed E-state index contributed by atoms with van der Waals surface area (Å²) in [7, 11) is 0. The van der Waals surface area contributed by atoms with E-state index in [1.165, 1.54) is 23.5 Å². The zero-order chi connectivity index (χ0) is 24.3. The Morgan fingerprint density at radius 3 is 2.65 bits per heavy atom. The van der Waals surface area contributed by atoms with Crippen LogP contribution in [-0.2, 0) is 16.6 Å². The van der Waals surface area contributed by atoms with E-state index in [1.54, 1.807) is 11.6 Å². The van der Waals surface area contributed by atoms with Crippen molar-refractivity contribution in [2.24, 2.45) is 5.92 Å². The number of thiazole rings is 1. The molecule has 2 heterocycles. The zero-order valence-electron chi connectivity index (χ0n) is 18.6. The number of benzene rings is 1. The van der Waals surface area contributed by atoms with Gasteiger partial charge in [0.05, 0.1) is 12.1 Å². The Kier molecular flexibility index (Phi) is 7.37. The van der Waals surface area contributed by atoms with Gasteiger partial charge in [-0.3, -0.25) is 9.59 Å². The van der Waals surface area contributed by atoms with Crippen molar-refractivity contribution in [3.63, 3.8) is 0 Å². The summed E-state index contributed by atoms with van der Waals surface area (Å²) < 4.78 is 53.7. The number of carbonyl (C=O) groups excluding carboxylic acids is 2. The number of hydrogen-bond acceptors (Lipinski definition) is 5. The van der Waals surface area contributed by atoms with Crippen LogP contribution in [0.5, 0.6) is 0 Å². The second-order valence-corrected chi connectivity index (χ2v) is 10.1. The summed E-state index contributed by atoms with van der Waals surface area (Å²) in [6.45, 7) is 1.40. The largest absolute Gasteiger partial charge is 0.416 e. The molecule has 1 unspecified atom stereocenters. The fraction of sp³-hybridized carbons (Fsp3) is 0.542. The number of aromatic nitrogens is 1. The van der Waals surface area contributed by atoms with Gasteiger partial charge in [0.1, 0.15) is 5.01 Å². The molecule has 184 valence electrons. The average molecular weight is 498 g/mol. The van der Waals surface area contributed by atoms with Crippen molar-refractivity contribution in [1.29, 1.82) is 0 Å². The lowest BCUT2D eigenvalue weighted by molar-refractivity contribution is -0.137. The second kappa shape index (κ2) is 10.1. The maximum atomic E-state index is 15.2. The average Bonchev–Trinajstić information content (AvgIpc) is 3.51. The van der Waals surface area contributed by atoms with E-state index in [4.69, 9.17) is 0 Å². The van der Waals surface area contributed by atoms with Gasteiger partial charge >= 0.3 is 6.18 Å². The molecule has 34 heavy (non-hydrogen) atoms. The number of Topliss-reactive ketones (excluding diaryl/α,β-unsaturated/α-hetero) is 1. The Labute approximate surface area is 199 Å². The monoisotopic (exact) mass is 497 g/mol. The Balaban J connectivity index is 1.21. The summed E-state index contributed by atoms with van der Waals surface area (Å²) in [5, 5.41) is 4.79. The number of ketones is 1. The van der Waals surface area contributed by atoms with E-state index < -0.39 is 23.3 Å². The molecule has 1 aromatic carbocycles. The molecule has 2 fully saturated rings. The van der Waals surface area contributed by atoms with Gasteiger partial charge in [-0.15, -0.1) is 11.3 Å². The summed E-state index contributed by atoms with van der Waals surface area (Å²) in [5.74, 6) is -0.694. The Morgan fingerprint density at radius 1 is 1.21 bits per heavy atom. The van der Waals surface area contributed by atoms with E-state index in [0.717, 1.165) is 44.5 Å². The summed E-state index contributed by atoms with van der Waals surface area (Å²) >= 11 is 1.36. The van der Waals surface area contributed by atoms with Crippen molar-refractivity contribution in [2.75, 3.05) is 19.6 Å². The van der Waals surface area contributed by atoms with Gasteiger partial charge < -0.3 is 10.2 Å². The number of likely N-dealkylation sites (tertiary alicyclic amines) is 1. The summed E-state index contributed by atoms with van der Waals surface area (Å²) in [6, 6.07) is 4.42. The van der Waals surface area contributed by atoms with Gasteiger partial charge in [-0.05, 0) is 62.8 Å².